The van der Waals surface area contributed by atoms with E-state index in [2.05, 4.69) is 62.9 Å². The monoisotopic (exact) mass is 358 g/mol. The number of hydrogen-bond donors (Lipinski definition) is 2. The third kappa shape index (κ3) is 4.36. The Labute approximate surface area is 154 Å². The van der Waals surface area contributed by atoms with Crippen molar-refractivity contribution in [3.05, 3.63) is 58.7 Å². The van der Waals surface area contributed by atoms with Crippen molar-refractivity contribution in [1.29, 1.82) is 0 Å². The summed E-state index contributed by atoms with van der Waals surface area (Å²) in [6.45, 7) is 13.0. The Morgan fingerprint density at radius 2 is 1.12 bits per heavy atom. The standard InChI is InChI=1S/C22H31O2P/c1-21(2,3)14-7-9-19(23)16(11-14)18(13-25)17-12-15(22(4,5)6)8-10-20(17)24/h7-12,18,23-24H,13,25H2,1-6H3. The van der Waals surface area contributed by atoms with E-state index < -0.39 is 0 Å². The van der Waals surface area contributed by atoms with Crippen LogP contribution in [0.25, 0.3) is 0 Å². The lowest BCUT2D eigenvalue weighted by Gasteiger charge is -2.26. The minimum absolute atomic E-state index is 0.00316. The van der Waals surface area contributed by atoms with Crippen molar-refractivity contribution >= 4 is 9.24 Å². The molecule has 0 amide bonds. The summed E-state index contributed by atoms with van der Waals surface area (Å²) in [5.74, 6) is 0.483. The van der Waals surface area contributed by atoms with Gasteiger partial charge in [-0.25, -0.2) is 0 Å². The van der Waals surface area contributed by atoms with Crippen molar-refractivity contribution < 1.29 is 10.2 Å². The molecular weight excluding hydrogens is 327 g/mol. The minimum Gasteiger partial charge on any atom is -0.508 e. The van der Waals surface area contributed by atoms with E-state index in [0.717, 1.165) is 17.3 Å². The second-order valence-corrected chi connectivity index (χ2v) is 9.31. The summed E-state index contributed by atoms with van der Waals surface area (Å²) in [7, 11) is 2.76. The number of benzene rings is 2. The van der Waals surface area contributed by atoms with Crippen LogP contribution in [0.4, 0.5) is 0 Å². The van der Waals surface area contributed by atoms with Crippen LogP contribution in [0.2, 0.25) is 0 Å². The third-order valence-corrected chi connectivity index (χ3v) is 5.25. The highest BCUT2D eigenvalue weighted by molar-refractivity contribution is 7.16. The van der Waals surface area contributed by atoms with Crippen molar-refractivity contribution in [1.82, 2.24) is 0 Å². The fourth-order valence-electron chi connectivity index (χ4n) is 3.02. The molecule has 0 aliphatic carbocycles. The second kappa shape index (κ2) is 7.00. The first-order valence-corrected chi connectivity index (χ1v) is 9.63. The zero-order valence-electron chi connectivity index (χ0n) is 16.2. The molecule has 0 aliphatic heterocycles. The highest BCUT2D eigenvalue weighted by Gasteiger charge is 2.24. The molecule has 1 unspecified atom stereocenters. The zero-order chi connectivity index (χ0) is 19.0. The molecule has 2 N–H and O–H groups in total. The Hall–Kier alpha value is -1.53. The van der Waals surface area contributed by atoms with Gasteiger partial charge in [-0.3, -0.25) is 0 Å². The van der Waals surface area contributed by atoms with E-state index in [1.54, 1.807) is 12.1 Å². The predicted molar refractivity (Wildman–Crippen MR) is 110 cm³/mol. The molecule has 136 valence electrons. The van der Waals surface area contributed by atoms with Gasteiger partial charge in [0.25, 0.3) is 0 Å². The van der Waals surface area contributed by atoms with E-state index in [1.807, 2.05) is 12.1 Å². The molecule has 2 aromatic carbocycles. The van der Waals surface area contributed by atoms with Gasteiger partial charge in [0.2, 0.25) is 0 Å². The largest absolute Gasteiger partial charge is 0.508 e. The Balaban J connectivity index is 2.62. The molecule has 2 aromatic rings. The Bertz CT molecular complexity index is 688. The van der Waals surface area contributed by atoms with Gasteiger partial charge in [0, 0.05) is 17.0 Å². The topological polar surface area (TPSA) is 40.5 Å². The number of rotatable bonds is 3. The molecule has 0 aliphatic rings. The third-order valence-electron chi connectivity index (χ3n) is 4.77. The lowest BCUT2D eigenvalue weighted by atomic mass is 9.81. The van der Waals surface area contributed by atoms with Crippen LogP contribution >= 0.6 is 9.24 Å². The molecule has 0 bridgehead atoms. The van der Waals surface area contributed by atoms with E-state index in [4.69, 9.17) is 0 Å². The average molecular weight is 358 g/mol. The fourth-order valence-corrected chi connectivity index (χ4v) is 3.53. The van der Waals surface area contributed by atoms with Crippen molar-refractivity contribution in [2.75, 3.05) is 6.16 Å². The maximum absolute atomic E-state index is 10.5. The molecule has 0 aromatic heterocycles. The summed E-state index contributed by atoms with van der Waals surface area (Å²) in [5, 5.41) is 21.0. The van der Waals surface area contributed by atoms with Crippen LogP contribution in [-0.2, 0) is 10.8 Å². The van der Waals surface area contributed by atoms with Crippen LogP contribution in [0, 0.1) is 0 Å². The van der Waals surface area contributed by atoms with Gasteiger partial charge >= 0.3 is 0 Å². The molecular formula is C22H31O2P. The summed E-state index contributed by atoms with van der Waals surface area (Å²) in [5.41, 5.74) is 4.09. The normalized spacial score (nSPS) is 12.6. The van der Waals surface area contributed by atoms with Crippen LogP contribution < -0.4 is 0 Å². The molecule has 0 saturated carbocycles. The van der Waals surface area contributed by atoms with Crippen molar-refractivity contribution in [2.24, 2.45) is 0 Å². The first-order chi connectivity index (χ1) is 11.4. The highest BCUT2D eigenvalue weighted by Crippen LogP contribution is 2.40. The van der Waals surface area contributed by atoms with Crippen LogP contribution in [0.15, 0.2) is 36.4 Å². The summed E-state index contributed by atoms with van der Waals surface area (Å²) in [6, 6.07) is 11.6. The minimum atomic E-state index is -0.0744. The molecule has 0 fully saturated rings. The van der Waals surface area contributed by atoms with Crippen LogP contribution in [0.1, 0.15) is 69.7 Å². The first-order valence-electron chi connectivity index (χ1n) is 8.82. The predicted octanol–water partition coefficient (Wildman–Crippen LogP) is 5.70. The number of hydrogen-bond acceptors (Lipinski definition) is 2. The van der Waals surface area contributed by atoms with E-state index in [9.17, 15) is 10.2 Å². The van der Waals surface area contributed by atoms with Gasteiger partial charge in [-0.05, 0) is 40.3 Å². The summed E-state index contributed by atoms with van der Waals surface area (Å²) in [6.07, 6.45) is 0.725. The summed E-state index contributed by atoms with van der Waals surface area (Å²) in [4.78, 5) is 0. The maximum atomic E-state index is 10.5. The van der Waals surface area contributed by atoms with Crippen LogP contribution in [0.3, 0.4) is 0 Å². The van der Waals surface area contributed by atoms with Gasteiger partial charge in [-0.1, -0.05) is 65.8 Å². The first kappa shape index (κ1) is 19.8. The van der Waals surface area contributed by atoms with Gasteiger partial charge in [0.15, 0.2) is 0 Å². The molecule has 2 rings (SSSR count). The van der Waals surface area contributed by atoms with Crippen LogP contribution in [0.5, 0.6) is 11.5 Å². The highest BCUT2D eigenvalue weighted by atomic mass is 31.0. The quantitative estimate of drug-likeness (QED) is 0.691. The number of aromatic hydroxyl groups is 2. The number of phenols is 2. The average Bonchev–Trinajstić information content (AvgIpc) is 2.49. The Morgan fingerprint density at radius 1 is 0.760 bits per heavy atom. The molecule has 3 heteroatoms. The molecule has 0 saturated heterocycles. The van der Waals surface area contributed by atoms with Crippen molar-refractivity contribution in [3.63, 3.8) is 0 Å². The van der Waals surface area contributed by atoms with Crippen LogP contribution in [-0.4, -0.2) is 16.4 Å². The van der Waals surface area contributed by atoms with Crippen molar-refractivity contribution in [2.45, 2.75) is 58.3 Å². The second-order valence-electron chi connectivity index (χ2n) is 8.84. The molecule has 0 spiro atoms. The zero-order valence-corrected chi connectivity index (χ0v) is 17.4. The Kier molecular flexibility index (Phi) is 5.54. The molecule has 1 atom stereocenters. The van der Waals surface area contributed by atoms with Crippen molar-refractivity contribution in [3.8, 4) is 11.5 Å². The van der Waals surface area contributed by atoms with Gasteiger partial charge in [-0.15, -0.1) is 9.24 Å². The van der Waals surface area contributed by atoms with Gasteiger partial charge in [-0.2, -0.15) is 0 Å². The lowest BCUT2D eigenvalue weighted by Crippen LogP contribution is -2.14. The molecule has 25 heavy (non-hydrogen) atoms. The van der Waals surface area contributed by atoms with Gasteiger partial charge < -0.3 is 10.2 Å². The SMILES string of the molecule is CC(C)(C)c1ccc(O)c(C(CP)c2cc(C(C)(C)C)ccc2O)c1. The van der Waals surface area contributed by atoms with Gasteiger partial charge in [0.05, 0.1) is 0 Å². The smallest absolute Gasteiger partial charge is 0.119 e. The van der Waals surface area contributed by atoms with E-state index in [0.29, 0.717) is 0 Å². The lowest BCUT2D eigenvalue weighted by molar-refractivity contribution is 0.455. The maximum Gasteiger partial charge on any atom is 0.119 e. The Morgan fingerprint density at radius 3 is 1.40 bits per heavy atom. The summed E-state index contributed by atoms with van der Waals surface area (Å²) < 4.78 is 0. The number of phenolic OH excluding ortho intramolecular Hbond substituents is 2. The van der Waals surface area contributed by atoms with E-state index in [-0.39, 0.29) is 28.2 Å². The van der Waals surface area contributed by atoms with Gasteiger partial charge in [0.1, 0.15) is 11.5 Å². The molecule has 2 nitrogen and oxygen atoms in total. The van der Waals surface area contributed by atoms with E-state index in [1.165, 1.54) is 11.1 Å². The fraction of sp³-hybridized carbons (Fsp3) is 0.455. The molecule has 0 heterocycles. The molecule has 0 radical (unpaired) electrons. The summed E-state index contributed by atoms with van der Waals surface area (Å²) >= 11 is 0. The van der Waals surface area contributed by atoms with E-state index >= 15 is 0 Å².